The Morgan fingerprint density at radius 1 is 1.40 bits per heavy atom. The Morgan fingerprint density at radius 3 is 2.40 bits per heavy atom. The zero-order valence-corrected chi connectivity index (χ0v) is 11.4. The Labute approximate surface area is 106 Å². The highest BCUT2D eigenvalue weighted by Gasteiger charge is 2.07. The van der Waals surface area contributed by atoms with Crippen LogP contribution in [0.4, 0.5) is 0 Å². The number of carbonyl (C=O) groups is 1. The van der Waals surface area contributed by atoms with Crippen LogP contribution in [-0.2, 0) is 0 Å². The summed E-state index contributed by atoms with van der Waals surface area (Å²) >= 11 is 6.65. The monoisotopic (exact) mass is 334 g/mol. The van der Waals surface area contributed by atoms with E-state index in [0.29, 0.717) is 12.1 Å². The molecule has 0 heterocycles. The fourth-order valence-corrected chi connectivity index (χ4v) is 2.33. The van der Waals surface area contributed by atoms with E-state index in [1.807, 2.05) is 13.0 Å². The smallest absolute Gasteiger partial charge is 0.251 e. The fourth-order valence-electron chi connectivity index (χ4n) is 1.04. The van der Waals surface area contributed by atoms with Crippen LogP contribution in [0.15, 0.2) is 27.1 Å². The van der Waals surface area contributed by atoms with Crippen LogP contribution in [0.5, 0.6) is 0 Å². The third kappa shape index (κ3) is 4.32. The van der Waals surface area contributed by atoms with Crippen molar-refractivity contribution < 1.29 is 4.79 Å². The summed E-state index contributed by atoms with van der Waals surface area (Å²) < 4.78 is 1.73. The van der Waals surface area contributed by atoms with Gasteiger partial charge in [-0.1, -0.05) is 31.9 Å². The summed E-state index contributed by atoms with van der Waals surface area (Å²) in [6.07, 6.45) is 0. The van der Waals surface area contributed by atoms with Crippen LogP contribution >= 0.6 is 31.9 Å². The highest BCUT2D eigenvalue weighted by atomic mass is 79.9. The molecule has 3 nitrogen and oxygen atoms in total. The third-order valence-electron chi connectivity index (χ3n) is 1.71. The maximum Gasteiger partial charge on any atom is 0.251 e. The summed E-state index contributed by atoms with van der Waals surface area (Å²) in [5, 5.41) is 2.75. The van der Waals surface area contributed by atoms with E-state index in [0.717, 1.165) is 8.95 Å². The molecule has 0 aliphatic rings. The van der Waals surface area contributed by atoms with Crippen molar-refractivity contribution in [1.82, 2.24) is 5.32 Å². The first-order chi connectivity index (χ1) is 6.99. The summed E-state index contributed by atoms with van der Waals surface area (Å²) in [7, 11) is 0. The van der Waals surface area contributed by atoms with E-state index in [1.165, 1.54) is 0 Å². The molecular formula is C10H12Br2N2O. The predicted molar refractivity (Wildman–Crippen MR) is 67.8 cm³/mol. The summed E-state index contributed by atoms with van der Waals surface area (Å²) in [6, 6.07) is 5.37. The topological polar surface area (TPSA) is 55.1 Å². The molecule has 0 fully saturated rings. The Bertz CT molecular complexity index is 346. The van der Waals surface area contributed by atoms with Crippen molar-refractivity contribution in [3.63, 3.8) is 0 Å². The minimum atomic E-state index is -0.116. The van der Waals surface area contributed by atoms with Gasteiger partial charge in [-0.25, -0.2) is 0 Å². The molecule has 3 N–H and O–H groups in total. The van der Waals surface area contributed by atoms with E-state index in [1.54, 1.807) is 12.1 Å². The zero-order chi connectivity index (χ0) is 11.4. The number of rotatable bonds is 3. The molecule has 1 atom stereocenters. The zero-order valence-electron chi connectivity index (χ0n) is 8.26. The van der Waals surface area contributed by atoms with Gasteiger partial charge in [-0.2, -0.15) is 0 Å². The summed E-state index contributed by atoms with van der Waals surface area (Å²) in [4.78, 5) is 11.6. The molecule has 1 unspecified atom stereocenters. The van der Waals surface area contributed by atoms with Crippen molar-refractivity contribution in [2.24, 2.45) is 5.73 Å². The number of benzene rings is 1. The molecule has 0 aliphatic heterocycles. The van der Waals surface area contributed by atoms with Gasteiger partial charge in [0.05, 0.1) is 0 Å². The molecule has 0 saturated carbocycles. The first-order valence-electron chi connectivity index (χ1n) is 4.49. The van der Waals surface area contributed by atoms with E-state index in [2.05, 4.69) is 37.2 Å². The average Bonchev–Trinajstić information content (AvgIpc) is 2.12. The Kier molecular flexibility index (Phi) is 4.76. The highest BCUT2D eigenvalue weighted by molar-refractivity contribution is 9.11. The van der Waals surface area contributed by atoms with Crippen LogP contribution < -0.4 is 11.1 Å². The second kappa shape index (κ2) is 5.63. The molecule has 0 bridgehead atoms. The quantitative estimate of drug-likeness (QED) is 0.890. The lowest BCUT2D eigenvalue weighted by Gasteiger charge is -2.08. The van der Waals surface area contributed by atoms with Gasteiger partial charge in [-0.15, -0.1) is 0 Å². The van der Waals surface area contributed by atoms with E-state index in [-0.39, 0.29) is 11.9 Å². The molecule has 1 amide bonds. The molecule has 0 aromatic heterocycles. The van der Waals surface area contributed by atoms with Crippen LogP contribution in [0.3, 0.4) is 0 Å². The number of halogens is 2. The normalized spacial score (nSPS) is 12.3. The van der Waals surface area contributed by atoms with Gasteiger partial charge >= 0.3 is 0 Å². The number of hydrogen-bond donors (Lipinski definition) is 2. The van der Waals surface area contributed by atoms with Gasteiger partial charge in [-0.05, 0) is 25.1 Å². The van der Waals surface area contributed by atoms with Crippen molar-refractivity contribution in [2.45, 2.75) is 13.0 Å². The summed E-state index contributed by atoms with van der Waals surface area (Å²) in [6.45, 7) is 2.32. The van der Waals surface area contributed by atoms with Crippen LogP contribution in [0.2, 0.25) is 0 Å². The van der Waals surface area contributed by atoms with Gasteiger partial charge in [0.2, 0.25) is 0 Å². The van der Waals surface area contributed by atoms with E-state index >= 15 is 0 Å². The number of amides is 1. The van der Waals surface area contributed by atoms with Crippen LogP contribution in [0.25, 0.3) is 0 Å². The first kappa shape index (κ1) is 12.7. The number of nitrogens with one attached hydrogen (secondary N) is 1. The lowest BCUT2D eigenvalue weighted by Crippen LogP contribution is -2.35. The lowest BCUT2D eigenvalue weighted by molar-refractivity contribution is 0.0951. The standard InChI is InChI=1S/C10H12Br2N2O/c1-6(13)5-14-10(15)7-2-8(11)4-9(12)3-7/h2-4,6H,5,13H2,1H3,(H,14,15). The van der Waals surface area contributed by atoms with Crippen LogP contribution in [0, 0.1) is 0 Å². The molecule has 0 radical (unpaired) electrons. The van der Waals surface area contributed by atoms with Gasteiger partial charge in [0.1, 0.15) is 0 Å². The Hall–Kier alpha value is -0.390. The molecule has 1 aromatic carbocycles. The minimum absolute atomic E-state index is 0.0375. The maximum absolute atomic E-state index is 11.6. The second-order valence-electron chi connectivity index (χ2n) is 3.35. The summed E-state index contributed by atoms with van der Waals surface area (Å²) in [5.41, 5.74) is 6.15. The number of carbonyl (C=O) groups excluding carboxylic acids is 1. The van der Waals surface area contributed by atoms with Crippen molar-refractivity contribution in [3.05, 3.63) is 32.7 Å². The molecule has 1 aromatic rings. The molecule has 0 spiro atoms. The molecule has 0 aliphatic carbocycles. The van der Waals surface area contributed by atoms with E-state index in [9.17, 15) is 4.79 Å². The number of hydrogen-bond acceptors (Lipinski definition) is 2. The Balaban J connectivity index is 2.73. The van der Waals surface area contributed by atoms with Crippen molar-refractivity contribution in [2.75, 3.05) is 6.54 Å². The van der Waals surface area contributed by atoms with Gasteiger partial charge in [0, 0.05) is 27.1 Å². The molecule has 0 saturated heterocycles. The van der Waals surface area contributed by atoms with Gasteiger partial charge in [0.15, 0.2) is 0 Å². The Morgan fingerprint density at radius 2 is 1.93 bits per heavy atom. The van der Waals surface area contributed by atoms with Gasteiger partial charge in [0.25, 0.3) is 5.91 Å². The van der Waals surface area contributed by atoms with Crippen LogP contribution in [0.1, 0.15) is 17.3 Å². The number of nitrogens with two attached hydrogens (primary N) is 1. The molecule has 5 heteroatoms. The minimum Gasteiger partial charge on any atom is -0.350 e. The SMILES string of the molecule is CC(N)CNC(=O)c1cc(Br)cc(Br)c1. The molecule has 82 valence electrons. The van der Waals surface area contributed by atoms with Crippen LogP contribution in [-0.4, -0.2) is 18.5 Å². The van der Waals surface area contributed by atoms with E-state index < -0.39 is 0 Å². The maximum atomic E-state index is 11.6. The van der Waals surface area contributed by atoms with Gasteiger partial charge in [-0.3, -0.25) is 4.79 Å². The lowest BCUT2D eigenvalue weighted by atomic mass is 10.2. The van der Waals surface area contributed by atoms with E-state index in [4.69, 9.17) is 5.73 Å². The molecular weight excluding hydrogens is 324 g/mol. The predicted octanol–water partition coefficient (Wildman–Crippen LogP) is 2.29. The largest absolute Gasteiger partial charge is 0.350 e. The third-order valence-corrected chi connectivity index (χ3v) is 2.63. The fraction of sp³-hybridized carbons (Fsp3) is 0.300. The van der Waals surface area contributed by atoms with Crippen molar-refractivity contribution >= 4 is 37.8 Å². The van der Waals surface area contributed by atoms with Gasteiger partial charge < -0.3 is 11.1 Å². The van der Waals surface area contributed by atoms with Crippen molar-refractivity contribution in [3.8, 4) is 0 Å². The summed E-state index contributed by atoms with van der Waals surface area (Å²) in [5.74, 6) is -0.116. The highest BCUT2D eigenvalue weighted by Crippen LogP contribution is 2.19. The average molecular weight is 336 g/mol. The molecule has 1 rings (SSSR count). The first-order valence-corrected chi connectivity index (χ1v) is 6.07. The molecule has 15 heavy (non-hydrogen) atoms. The second-order valence-corrected chi connectivity index (χ2v) is 5.18. The van der Waals surface area contributed by atoms with Crippen molar-refractivity contribution in [1.29, 1.82) is 0 Å².